The number of aromatic carboxylic acids is 1. The first-order chi connectivity index (χ1) is 9.97. The van der Waals surface area contributed by atoms with Crippen molar-refractivity contribution in [3.8, 4) is 0 Å². The highest BCUT2D eigenvalue weighted by atomic mass is 35.5. The highest BCUT2D eigenvalue weighted by Gasteiger charge is 2.17. The first kappa shape index (κ1) is 14.1. The fourth-order valence-corrected chi connectivity index (χ4v) is 3.62. The average molecular weight is 321 g/mol. The fraction of sp³-hybridized carbons (Fsp3) is 0.200. The molecule has 0 bridgehead atoms. The van der Waals surface area contributed by atoms with Crippen LogP contribution in [0.2, 0.25) is 4.34 Å². The van der Waals surface area contributed by atoms with Gasteiger partial charge in [-0.25, -0.2) is 9.78 Å². The lowest BCUT2D eigenvalue weighted by Crippen LogP contribution is -2.07. The van der Waals surface area contributed by atoms with E-state index in [-0.39, 0.29) is 11.6 Å². The quantitative estimate of drug-likeness (QED) is 0.779. The van der Waals surface area contributed by atoms with Crippen molar-refractivity contribution in [1.82, 2.24) is 9.55 Å². The van der Waals surface area contributed by atoms with Gasteiger partial charge in [0.25, 0.3) is 0 Å². The molecule has 1 atom stereocenters. The summed E-state index contributed by atoms with van der Waals surface area (Å²) in [6, 6.07) is 9.02. The van der Waals surface area contributed by atoms with Crippen LogP contribution < -0.4 is 0 Å². The van der Waals surface area contributed by atoms with Gasteiger partial charge < -0.3 is 9.67 Å². The number of thiophene rings is 1. The number of fused-ring (bicyclic) bond motifs is 1. The number of hydrogen-bond donors (Lipinski definition) is 1. The van der Waals surface area contributed by atoms with Gasteiger partial charge in [-0.1, -0.05) is 11.6 Å². The molecule has 6 heteroatoms. The minimum atomic E-state index is -0.942. The van der Waals surface area contributed by atoms with Gasteiger partial charge in [0.15, 0.2) is 0 Å². The van der Waals surface area contributed by atoms with E-state index in [1.165, 1.54) is 0 Å². The Balaban J connectivity index is 2.14. The van der Waals surface area contributed by atoms with E-state index < -0.39 is 5.97 Å². The van der Waals surface area contributed by atoms with Crippen LogP contribution in [0.25, 0.3) is 11.0 Å². The summed E-state index contributed by atoms with van der Waals surface area (Å²) in [5, 5.41) is 9.06. The van der Waals surface area contributed by atoms with Crippen LogP contribution in [-0.2, 0) is 0 Å². The number of aromatic nitrogens is 2. The molecule has 0 aliphatic carbocycles. The smallest absolute Gasteiger partial charge is 0.335 e. The van der Waals surface area contributed by atoms with Crippen molar-refractivity contribution in [1.29, 1.82) is 0 Å². The van der Waals surface area contributed by atoms with Gasteiger partial charge in [-0.2, -0.15) is 0 Å². The number of hydrogen-bond acceptors (Lipinski definition) is 3. The molecule has 108 valence electrons. The van der Waals surface area contributed by atoms with Gasteiger partial charge in [0.1, 0.15) is 5.82 Å². The molecule has 0 saturated carbocycles. The maximum Gasteiger partial charge on any atom is 0.335 e. The van der Waals surface area contributed by atoms with Crippen molar-refractivity contribution in [2.45, 2.75) is 19.9 Å². The van der Waals surface area contributed by atoms with Gasteiger partial charge in [-0.15, -0.1) is 11.3 Å². The SMILES string of the molecule is Cc1nc2cc(C(=O)O)ccc2n1C(C)c1ccc(Cl)s1. The lowest BCUT2D eigenvalue weighted by atomic mass is 10.2. The Kier molecular flexibility index (Phi) is 3.47. The maximum atomic E-state index is 11.0. The molecular weight excluding hydrogens is 308 g/mol. The molecule has 0 radical (unpaired) electrons. The molecule has 0 fully saturated rings. The highest BCUT2D eigenvalue weighted by molar-refractivity contribution is 7.16. The fourth-order valence-electron chi connectivity index (χ4n) is 2.52. The minimum absolute atomic E-state index is 0.100. The van der Waals surface area contributed by atoms with Gasteiger partial charge in [-0.05, 0) is 44.2 Å². The average Bonchev–Trinajstić information content (AvgIpc) is 2.99. The summed E-state index contributed by atoms with van der Waals surface area (Å²) >= 11 is 7.55. The van der Waals surface area contributed by atoms with Crippen LogP contribution in [0.1, 0.15) is 34.0 Å². The molecule has 1 unspecified atom stereocenters. The zero-order chi connectivity index (χ0) is 15.1. The molecule has 2 aromatic heterocycles. The van der Waals surface area contributed by atoms with Crippen LogP contribution in [0.15, 0.2) is 30.3 Å². The first-order valence-corrected chi connectivity index (χ1v) is 7.64. The molecule has 1 aromatic carbocycles. The Labute approximate surface area is 130 Å². The van der Waals surface area contributed by atoms with E-state index in [0.29, 0.717) is 5.52 Å². The lowest BCUT2D eigenvalue weighted by molar-refractivity contribution is 0.0697. The van der Waals surface area contributed by atoms with Crippen molar-refractivity contribution < 1.29 is 9.90 Å². The third kappa shape index (κ3) is 2.43. The normalized spacial score (nSPS) is 12.7. The van der Waals surface area contributed by atoms with E-state index in [1.54, 1.807) is 23.5 Å². The van der Waals surface area contributed by atoms with Crippen molar-refractivity contribution in [3.05, 3.63) is 50.9 Å². The number of carbonyl (C=O) groups is 1. The zero-order valence-corrected chi connectivity index (χ0v) is 13.1. The summed E-state index contributed by atoms with van der Waals surface area (Å²) in [6.07, 6.45) is 0. The summed E-state index contributed by atoms with van der Waals surface area (Å²) in [5.74, 6) is -0.0910. The number of nitrogens with zero attached hydrogens (tertiary/aromatic N) is 2. The van der Waals surface area contributed by atoms with Crippen LogP contribution in [0.5, 0.6) is 0 Å². The monoisotopic (exact) mass is 320 g/mol. The summed E-state index contributed by atoms with van der Waals surface area (Å²) in [7, 11) is 0. The molecule has 1 N–H and O–H groups in total. The number of aryl methyl sites for hydroxylation is 1. The van der Waals surface area contributed by atoms with Crippen LogP contribution >= 0.6 is 22.9 Å². The Morgan fingerprint density at radius 1 is 1.38 bits per heavy atom. The second kappa shape index (κ2) is 5.16. The summed E-state index contributed by atoms with van der Waals surface area (Å²) in [5.41, 5.74) is 1.87. The largest absolute Gasteiger partial charge is 0.478 e. The summed E-state index contributed by atoms with van der Waals surface area (Å²) in [4.78, 5) is 16.7. The molecule has 21 heavy (non-hydrogen) atoms. The van der Waals surface area contributed by atoms with Crippen molar-refractivity contribution >= 4 is 39.9 Å². The molecule has 2 heterocycles. The van der Waals surface area contributed by atoms with Crippen molar-refractivity contribution in [2.24, 2.45) is 0 Å². The Bertz CT molecular complexity index is 837. The minimum Gasteiger partial charge on any atom is -0.478 e. The number of benzene rings is 1. The summed E-state index contributed by atoms with van der Waals surface area (Å²) in [6.45, 7) is 4.01. The molecule has 0 spiro atoms. The predicted octanol–water partition coefficient (Wildman–Crippen LogP) is 4.37. The number of halogens is 1. The maximum absolute atomic E-state index is 11.0. The zero-order valence-electron chi connectivity index (χ0n) is 11.5. The van der Waals surface area contributed by atoms with E-state index in [4.69, 9.17) is 16.7 Å². The third-order valence-electron chi connectivity index (χ3n) is 3.51. The van der Waals surface area contributed by atoms with E-state index >= 15 is 0 Å². The van der Waals surface area contributed by atoms with Gasteiger partial charge in [0, 0.05) is 4.88 Å². The Morgan fingerprint density at radius 3 is 2.76 bits per heavy atom. The predicted molar refractivity (Wildman–Crippen MR) is 84.6 cm³/mol. The van der Waals surface area contributed by atoms with E-state index in [2.05, 4.69) is 16.5 Å². The molecule has 0 aliphatic rings. The van der Waals surface area contributed by atoms with Gasteiger partial charge in [-0.3, -0.25) is 0 Å². The second-order valence-electron chi connectivity index (χ2n) is 4.86. The van der Waals surface area contributed by atoms with Gasteiger partial charge in [0.2, 0.25) is 0 Å². The van der Waals surface area contributed by atoms with E-state index in [0.717, 1.165) is 20.6 Å². The van der Waals surface area contributed by atoms with Crippen LogP contribution in [0.3, 0.4) is 0 Å². The molecule has 3 rings (SSSR count). The molecule has 4 nitrogen and oxygen atoms in total. The molecular formula is C15H13ClN2O2S. The molecule has 0 aliphatic heterocycles. The molecule has 3 aromatic rings. The van der Waals surface area contributed by atoms with E-state index in [9.17, 15) is 4.79 Å². The number of imidazole rings is 1. The first-order valence-electron chi connectivity index (χ1n) is 6.44. The Hall–Kier alpha value is -1.85. The third-order valence-corrected chi connectivity index (χ3v) is 4.91. The number of rotatable bonds is 3. The Morgan fingerprint density at radius 2 is 2.14 bits per heavy atom. The van der Waals surface area contributed by atoms with Crippen molar-refractivity contribution in [2.75, 3.05) is 0 Å². The standard InChI is InChI=1S/C15H13ClN2O2S/c1-8(13-5-6-14(16)21-13)18-9(2)17-11-7-10(15(19)20)3-4-12(11)18/h3-8H,1-2H3,(H,19,20). The number of carboxylic acids is 1. The second-order valence-corrected chi connectivity index (χ2v) is 6.60. The highest BCUT2D eigenvalue weighted by Crippen LogP contribution is 2.32. The lowest BCUT2D eigenvalue weighted by Gasteiger charge is -2.14. The summed E-state index contributed by atoms with van der Waals surface area (Å²) < 4.78 is 2.86. The van der Waals surface area contributed by atoms with Crippen LogP contribution in [0.4, 0.5) is 0 Å². The van der Waals surface area contributed by atoms with Crippen LogP contribution in [0, 0.1) is 6.92 Å². The number of carboxylic acid groups (broad SMARTS) is 1. The van der Waals surface area contributed by atoms with Gasteiger partial charge >= 0.3 is 5.97 Å². The van der Waals surface area contributed by atoms with Crippen molar-refractivity contribution in [3.63, 3.8) is 0 Å². The van der Waals surface area contributed by atoms with E-state index in [1.807, 2.05) is 25.1 Å². The van der Waals surface area contributed by atoms with Gasteiger partial charge in [0.05, 0.1) is 27.0 Å². The topological polar surface area (TPSA) is 55.1 Å². The van der Waals surface area contributed by atoms with Crippen LogP contribution in [-0.4, -0.2) is 20.6 Å². The molecule has 0 amide bonds. The molecule has 0 saturated heterocycles.